The van der Waals surface area contributed by atoms with Crippen LogP contribution in [0.3, 0.4) is 0 Å². The minimum absolute atomic E-state index is 0.469. The zero-order valence-electron chi connectivity index (χ0n) is 12.2. The molecule has 0 aromatic rings. The number of hydrogen-bond acceptors (Lipinski definition) is 4. The van der Waals surface area contributed by atoms with Crippen molar-refractivity contribution in [1.82, 2.24) is 10.2 Å². The van der Waals surface area contributed by atoms with Crippen LogP contribution >= 0.6 is 11.8 Å². The van der Waals surface area contributed by atoms with Crippen molar-refractivity contribution < 1.29 is 4.74 Å². The Hall–Kier alpha value is 0.230. The van der Waals surface area contributed by atoms with Crippen LogP contribution in [-0.4, -0.2) is 61.3 Å². The Morgan fingerprint density at radius 1 is 1.32 bits per heavy atom. The van der Waals surface area contributed by atoms with Crippen LogP contribution in [0.5, 0.6) is 0 Å². The molecule has 0 radical (unpaired) electrons. The average Bonchev–Trinajstić information content (AvgIpc) is 3.25. The molecule has 3 fully saturated rings. The molecular formula is C15H28N2OS. The first-order chi connectivity index (χ1) is 9.27. The highest BCUT2D eigenvalue weighted by Crippen LogP contribution is 2.34. The maximum absolute atomic E-state index is 5.61. The molecule has 4 heteroatoms. The Morgan fingerprint density at radius 2 is 2.11 bits per heavy atom. The lowest BCUT2D eigenvalue weighted by molar-refractivity contribution is -0.00872. The van der Waals surface area contributed by atoms with Gasteiger partial charge in [0.1, 0.15) is 0 Å². The van der Waals surface area contributed by atoms with Crippen molar-refractivity contribution in [3.63, 3.8) is 0 Å². The fourth-order valence-electron chi connectivity index (χ4n) is 3.27. The molecule has 0 spiro atoms. The van der Waals surface area contributed by atoms with E-state index in [0.717, 1.165) is 25.3 Å². The molecular weight excluding hydrogens is 256 g/mol. The molecule has 3 aliphatic rings. The predicted octanol–water partition coefficient (Wildman–Crippen LogP) is 1.97. The summed E-state index contributed by atoms with van der Waals surface area (Å²) < 4.78 is 5.61. The number of rotatable bonds is 5. The molecule has 1 saturated carbocycles. The van der Waals surface area contributed by atoms with Crippen molar-refractivity contribution in [3.05, 3.63) is 0 Å². The van der Waals surface area contributed by atoms with Gasteiger partial charge < -0.3 is 10.1 Å². The van der Waals surface area contributed by atoms with Crippen molar-refractivity contribution in [2.45, 2.75) is 44.7 Å². The van der Waals surface area contributed by atoms with Gasteiger partial charge in [-0.05, 0) is 38.0 Å². The fourth-order valence-corrected chi connectivity index (χ4v) is 4.35. The summed E-state index contributed by atoms with van der Waals surface area (Å²) >= 11 is 2.11. The lowest BCUT2D eigenvalue weighted by atomic mass is 9.79. The smallest absolute Gasteiger partial charge is 0.0472 e. The van der Waals surface area contributed by atoms with E-state index in [-0.39, 0.29) is 0 Å². The van der Waals surface area contributed by atoms with Crippen LogP contribution in [0.4, 0.5) is 0 Å². The second kappa shape index (κ2) is 6.33. The summed E-state index contributed by atoms with van der Waals surface area (Å²) in [4.78, 5) is 2.73. The quantitative estimate of drug-likeness (QED) is 0.834. The molecule has 19 heavy (non-hydrogen) atoms. The molecule has 2 saturated heterocycles. The minimum atomic E-state index is 0.469. The molecule has 1 aliphatic carbocycles. The molecule has 0 bridgehead atoms. The average molecular weight is 284 g/mol. The molecule has 1 unspecified atom stereocenters. The number of nitrogens with zero attached hydrogens (tertiary/aromatic N) is 1. The van der Waals surface area contributed by atoms with Gasteiger partial charge in [-0.25, -0.2) is 0 Å². The zero-order valence-corrected chi connectivity index (χ0v) is 13.0. The van der Waals surface area contributed by atoms with Gasteiger partial charge in [-0.1, -0.05) is 0 Å². The third kappa shape index (κ3) is 3.87. The first-order valence-electron chi connectivity index (χ1n) is 7.90. The molecule has 1 atom stereocenters. The second-order valence-corrected chi connectivity index (χ2v) is 7.81. The summed E-state index contributed by atoms with van der Waals surface area (Å²) in [7, 11) is 0. The van der Waals surface area contributed by atoms with Gasteiger partial charge in [-0.2, -0.15) is 11.8 Å². The predicted molar refractivity (Wildman–Crippen MR) is 81.9 cm³/mol. The topological polar surface area (TPSA) is 24.5 Å². The van der Waals surface area contributed by atoms with E-state index in [4.69, 9.17) is 4.74 Å². The van der Waals surface area contributed by atoms with Crippen molar-refractivity contribution in [3.8, 4) is 0 Å². The molecule has 1 N–H and O–H groups in total. The van der Waals surface area contributed by atoms with Crippen LogP contribution in [-0.2, 0) is 4.74 Å². The third-order valence-corrected chi connectivity index (χ3v) is 6.13. The third-order valence-electron chi connectivity index (χ3n) is 4.94. The molecule has 3 nitrogen and oxygen atoms in total. The van der Waals surface area contributed by atoms with Crippen molar-refractivity contribution in [2.75, 3.05) is 44.4 Å². The minimum Gasteiger partial charge on any atom is -0.381 e. The van der Waals surface area contributed by atoms with Gasteiger partial charge in [0.05, 0.1) is 0 Å². The monoisotopic (exact) mass is 284 g/mol. The van der Waals surface area contributed by atoms with E-state index in [1.165, 1.54) is 56.8 Å². The molecule has 0 amide bonds. The van der Waals surface area contributed by atoms with Crippen molar-refractivity contribution >= 4 is 11.8 Å². The van der Waals surface area contributed by atoms with E-state index in [1.54, 1.807) is 0 Å². The highest BCUT2D eigenvalue weighted by atomic mass is 32.2. The Labute approximate surface area is 121 Å². The van der Waals surface area contributed by atoms with Crippen LogP contribution < -0.4 is 5.32 Å². The number of thioether (sulfide) groups is 1. The zero-order chi connectivity index (χ0) is 13.1. The van der Waals surface area contributed by atoms with Crippen molar-refractivity contribution in [1.29, 1.82) is 0 Å². The molecule has 3 rings (SSSR count). The maximum Gasteiger partial charge on any atom is 0.0472 e. The Bertz CT molecular complexity index is 290. The van der Waals surface area contributed by atoms with Crippen molar-refractivity contribution in [2.24, 2.45) is 5.41 Å². The molecule has 0 aromatic carbocycles. The first kappa shape index (κ1) is 14.2. The number of ether oxygens (including phenoxy) is 1. The summed E-state index contributed by atoms with van der Waals surface area (Å²) in [5.41, 5.74) is 0.469. The van der Waals surface area contributed by atoms with Crippen LogP contribution in [0.2, 0.25) is 0 Å². The van der Waals surface area contributed by atoms with Crippen LogP contribution in [0.15, 0.2) is 0 Å². The molecule has 2 aliphatic heterocycles. The van der Waals surface area contributed by atoms with Gasteiger partial charge in [-0.3, -0.25) is 4.90 Å². The van der Waals surface area contributed by atoms with Gasteiger partial charge in [-0.15, -0.1) is 0 Å². The SMILES string of the molecule is CC1CSCCN1CC1(CNC2CC2)CCOCC1. The maximum atomic E-state index is 5.61. The lowest BCUT2D eigenvalue weighted by Gasteiger charge is -2.44. The Balaban J connectivity index is 1.59. The van der Waals surface area contributed by atoms with Crippen LogP contribution in [0, 0.1) is 5.41 Å². The lowest BCUT2D eigenvalue weighted by Crippen LogP contribution is -2.52. The van der Waals surface area contributed by atoms with Gasteiger partial charge >= 0.3 is 0 Å². The molecule has 2 heterocycles. The highest BCUT2D eigenvalue weighted by molar-refractivity contribution is 7.99. The summed E-state index contributed by atoms with van der Waals surface area (Å²) in [5, 5.41) is 3.78. The summed E-state index contributed by atoms with van der Waals surface area (Å²) in [6, 6.07) is 1.58. The molecule has 110 valence electrons. The van der Waals surface area contributed by atoms with Crippen LogP contribution in [0.1, 0.15) is 32.6 Å². The van der Waals surface area contributed by atoms with E-state index in [2.05, 4.69) is 28.9 Å². The summed E-state index contributed by atoms with van der Waals surface area (Å²) in [5.74, 6) is 2.62. The second-order valence-electron chi connectivity index (χ2n) is 6.66. The number of hydrogen-bond donors (Lipinski definition) is 1. The Kier molecular flexibility index (Phi) is 4.73. The van der Waals surface area contributed by atoms with E-state index in [9.17, 15) is 0 Å². The van der Waals surface area contributed by atoms with Gasteiger partial charge in [0.2, 0.25) is 0 Å². The van der Waals surface area contributed by atoms with E-state index in [1.807, 2.05) is 0 Å². The summed E-state index contributed by atoms with van der Waals surface area (Å²) in [6.07, 6.45) is 5.26. The Morgan fingerprint density at radius 3 is 2.79 bits per heavy atom. The van der Waals surface area contributed by atoms with E-state index < -0.39 is 0 Å². The highest BCUT2D eigenvalue weighted by Gasteiger charge is 2.37. The van der Waals surface area contributed by atoms with E-state index in [0.29, 0.717) is 5.41 Å². The largest absolute Gasteiger partial charge is 0.381 e. The van der Waals surface area contributed by atoms with Gasteiger partial charge in [0.25, 0.3) is 0 Å². The normalized spacial score (nSPS) is 32.4. The first-order valence-corrected chi connectivity index (χ1v) is 9.06. The van der Waals surface area contributed by atoms with Gasteiger partial charge in [0.15, 0.2) is 0 Å². The summed E-state index contributed by atoms with van der Waals surface area (Å²) in [6.45, 7) is 8.08. The van der Waals surface area contributed by atoms with Gasteiger partial charge in [0, 0.05) is 56.4 Å². The van der Waals surface area contributed by atoms with Crippen LogP contribution in [0.25, 0.3) is 0 Å². The standard InChI is InChI=1S/C15H28N2OS/c1-13-10-19-9-6-17(13)12-15(4-7-18-8-5-15)11-16-14-2-3-14/h13-14,16H,2-12H2,1H3. The number of nitrogens with one attached hydrogen (secondary N) is 1. The van der Waals surface area contributed by atoms with E-state index >= 15 is 0 Å². The fraction of sp³-hybridized carbons (Fsp3) is 1.00. The molecule has 0 aromatic heterocycles.